The van der Waals surface area contributed by atoms with Crippen molar-refractivity contribution in [3.8, 4) is 0 Å². The molecule has 0 unspecified atom stereocenters. The van der Waals surface area contributed by atoms with E-state index in [2.05, 4.69) is 39.8 Å². The molecule has 0 aromatic carbocycles. The highest BCUT2D eigenvalue weighted by Gasteiger charge is 2.13. The zero-order valence-electron chi connectivity index (χ0n) is 8.09. The SMILES string of the molecule is CC(C)/C=C/CC(C)(C)CO. The van der Waals surface area contributed by atoms with Crippen molar-refractivity contribution >= 4 is 0 Å². The van der Waals surface area contributed by atoms with Crippen molar-refractivity contribution in [3.05, 3.63) is 12.2 Å². The lowest BCUT2D eigenvalue weighted by atomic mass is 9.90. The van der Waals surface area contributed by atoms with Crippen LogP contribution < -0.4 is 0 Å². The number of aliphatic hydroxyl groups is 1. The molecule has 0 spiro atoms. The molecule has 0 saturated carbocycles. The van der Waals surface area contributed by atoms with Crippen molar-refractivity contribution in [1.29, 1.82) is 0 Å². The van der Waals surface area contributed by atoms with Crippen LogP contribution in [0.25, 0.3) is 0 Å². The molecule has 0 saturated heterocycles. The van der Waals surface area contributed by atoms with Crippen LogP contribution in [0.1, 0.15) is 34.1 Å². The Morgan fingerprint density at radius 2 is 1.91 bits per heavy atom. The summed E-state index contributed by atoms with van der Waals surface area (Å²) in [5, 5.41) is 8.93. The fourth-order valence-corrected chi connectivity index (χ4v) is 0.724. The lowest BCUT2D eigenvalue weighted by Crippen LogP contribution is -2.14. The summed E-state index contributed by atoms with van der Waals surface area (Å²) < 4.78 is 0. The topological polar surface area (TPSA) is 20.2 Å². The fourth-order valence-electron chi connectivity index (χ4n) is 0.724. The van der Waals surface area contributed by atoms with Gasteiger partial charge in [0.2, 0.25) is 0 Å². The molecule has 0 aliphatic carbocycles. The van der Waals surface area contributed by atoms with Crippen LogP contribution in [0.15, 0.2) is 12.2 Å². The normalized spacial score (nSPS) is 13.3. The summed E-state index contributed by atoms with van der Waals surface area (Å²) in [6, 6.07) is 0. The molecule has 0 bridgehead atoms. The largest absolute Gasteiger partial charge is 0.396 e. The van der Waals surface area contributed by atoms with Crippen molar-refractivity contribution in [2.75, 3.05) is 6.61 Å². The van der Waals surface area contributed by atoms with E-state index in [-0.39, 0.29) is 12.0 Å². The lowest BCUT2D eigenvalue weighted by Gasteiger charge is -2.18. The maximum absolute atomic E-state index is 8.93. The predicted octanol–water partition coefficient (Wildman–Crippen LogP) is 2.61. The number of hydrogen-bond acceptors (Lipinski definition) is 1. The Hall–Kier alpha value is -0.300. The zero-order chi connectivity index (χ0) is 8.91. The summed E-state index contributed by atoms with van der Waals surface area (Å²) >= 11 is 0. The van der Waals surface area contributed by atoms with E-state index in [1.165, 1.54) is 0 Å². The molecule has 0 fully saturated rings. The number of aliphatic hydroxyl groups excluding tert-OH is 1. The first-order valence-electron chi connectivity index (χ1n) is 4.25. The third-order valence-corrected chi connectivity index (χ3v) is 1.62. The Balaban J connectivity index is 3.69. The molecule has 0 amide bonds. The Bertz CT molecular complexity index is 123. The second kappa shape index (κ2) is 4.55. The minimum atomic E-state index is 0.0470. The van der Waals surface area contributed by atoms with E-state index in [1.54, 1.807) is 0 Å². The van der Waals surface area contributed by atoms with Gasteiger partial charge in [-0.25, -0.2) is 0 Å². The summed E-state index contributed by atoms with van der Waals surface area (Å²) in [6.07, 6.45) is 5.29. The minimum absolute atomic E-state index is 0.0470. The monoisotopic (exact) mass is 156 g/mol. The van der Waals surface area contributed by atoms with E-state index in [1.807, 2.05) is 0 Å². The van der Waals surface area contributed by atoms with Crippen molar-refractivity contribution in [1.82, 2.24) is 0 Å². The van der Waals surface area contributed by atoms with Crippen molar-refractivity contribution in [3.63, 3.8) is 0 Å². The molecule has 11 heavy (non-hydrogen) atoms. The molecule has 0 heterocycles. The third kappa shape index (κ3) is 6.11. The van der Waals surface area contributed by atoms with Crippen LogP contribution in [-0.4, -0.2) is 11.7 Å². The number of hydrogen-bond donors (Lipinski definition) is 1. The molecule has 1 N–H and O–H groups in total. The van der Waals surface area contributed by atoms with Gasteiger partial charge in [0.1, 0.15) is 0 Å². The highest BCUT2D eigenvalue weighted by atomic mass is 16.3. The van der Waals surface area contributed by atoms with Gasteiger partial charge in [-0.05, 0) is 17.8 Å². The first-order valence-corrected chi connectivity index (χ1v) is 4.25. The van der Waals surface area contributed by atoms with Crippen LogP contribution >= 0.6 is 0 Å². The second-order valence-corrected chi connectivity index (χ2v) is 4.20. The van der Waals surface area contributed by atoms with E-state index in [0.717, 1.165) is 6.42 Å². The van der Waals surface area contributed by atoms with Crippen LogP contribution in [0, 0.1) is 11.3 Å². The minimum Gasteiger partial charge on any atom is -0.396 e. The van der Waals surface area contributed by atoms with E-state index in [9.17, 15) is 0 Å². The second-order valence-electron chi connectivity index (χ2n) is 4.20. The van der Waals surface area contributed by atoms with E-state index in [0.29, 0.717) is 5.92 Å². The molecular formula is C10H20O. The molecule has 0 aromatic rings. The first-order chi connectivity index (χ1) is 4.98. The van der Waals surface area contributed by atoms with Gasteiger partial charge in [0.05, 0.1) is 0 Å². The van der Waals surface area contributed by atoms with Gasteiger partial charge in [0, 0.05) is 6.61 Å². The van der Waals surface area contributed by atoms with Gasteiger partial charge in [0.25, 0.3) is 0 Å². The standard InChI is InChI=1S/C10H20O/c1-9(2)6-5-7-10(3,4)8-11/h5-6,9,11H,7-8H2,1-4H3/b6-5+. The smallest absolute Gasteiger partial charge is 0.0485 e. The van der Waals surface area contributed by atoms with Gasteiger partial charge in [-0.15, -0.1) is 0 Å². The molecule has 0 aliphatic heterocycles. The highest BCUT2D eigenvalue weighted by molar-refractivity contribution is 4.88. The summed E-state index contributed by atoms with van der Waals surface area (Å²) in [5.41, 5.74) is 0.0470. The Kier molecular flexibility index (Phi) is 4.43. The molecule has 66 valence electrons. The van der Waals surface area contributed by atoms with Crippen LogP contribution in [0.4, 0.5) is 0 Å². The number of allylic oxidation sites excluding steroid dienone is 2. The van der Waals surface area contributed by atoms with Crippen molar-refractivity contribution < 1.29 is 5.11 Å². The lowest BCUT2D eigenvalue weighted by molar-refractivity contribution is 0.162. The van der Waals surface area contributed by atoms with Crippen molar-refractivity contribution in [2.24, 2.45) is 11.3 Å². The quantitative estimate of drug-likeness (QED) is 0.620. The average Bonchev–Trinajstić information content (AvgIpc) is 1.87. The Morgan fingerprint density at radius 1 is 1.36 bits per heavy atom. The predicted molar refractivity (Wildman–Crippen MR) is 49.5 cm³/mol. The maximum atomic E-state index is 8.93. The van der Waals surface area contributed by atoms with E-state index < -0.39 is 0 Å². The van der Waals surface area contributed by atoms with E-state index in [4.69, 9.17) is 5.11 Å². The molecule has 0 radical (unpaired) electrons. The molecule has 1 nitrogen and oxygen atoms in total. The number of rotatable bonds is 4. The van der Waals surface area contributed by atoms with Crippen molar-refractivity contribution in [2.45, 2.75) is 34.1 Å². The van der Waals surface area contributed by atoms with Crippen LogP contribution in [0.3, 0.4) is 0 Å². The summed E-state index contributed by atoms with van der Waals surface area (Å²) in [7, 11) is 0. The van der Waals surface area contributed by atoms with Crippen LogP contribution in [0.5, 0.6) is 0 Å². The van der Waals surface area contributed by atoms with Gasteiger partial charge in [-0.2, -0.15) is 0 Å². The Labute approximate surface area is 70.1 Å². The third-order valence-electron chi connectivity index (χ3n) is 1.62. The van der Waals surface area contributed by atoms with Gasteiger partial charge in [0.15, 0.2) is 0 Å². The van der Waals surface area contributed by atoms with E-state index >= 15 is 0 Å². The summed E-state index contributed by atoms with van der Waals surface area (Å²) in [5.74, 6) is 0.615. The van der Waals surface area contributed by atoms with Crippen LogP contribution in [0.2, 0.25) is 0 Å². The Morgan fingerprint density at radius 3 is 2.27 bits per heavy atom. The molecule has 0 aliphatic rings. The molecule has 0 atom stereocenters. The fraction of sp³-hybridized carbons (Fsp3) is 0.800. The van der Waals surface area contributed by atoms with Gasteiger partial charge in [-0.3, -0.25) is 0 Å². The molecular weight excluding hydrogens is 136 g/mol. The molecule has 0 aromatic heterocycles. The first kappa shape index (κ1) is 10.7. The zero-order valence-corrected chi connectivity index (χ0v) is 8.09. The molecule has 1 heteroatoms. The van der Waals surface area contributed by atoms with Gasteiger partial charge >= 0.3 is 0 Å². The maximum Gasteiger partial charge on any atom is 0.0485 e. The van der Waals surface area contributed by atoms with Crippen LogP contribution in [-0.2, 0) is 0 Å². The summed E-state index contributed by atoms with van der Waals surface area (Å²) in [4.78, 5) is 0. The average molecular weight is 156 g/mol. The van der Waals surface area contributed by atoms with Gasteiger partial charge in [-0.1, -0.05) is 39.8 Å². The highest BCUT2D eigenvalue weighted by Crippen LogP contribution is 2.19. The molecule has 0 rings (SSSR count). The summed E-state index contributed by atoms with van der Waals surface area (Å²) in [6.45, 7) is 8.70. The van der Waals surface area contributed by atoms with Gasteiger partial charge < -0.3 is 5.11 Å².